The van der Waals surface area contributed by atoms with E-state index >= 15 is 0 Å². The first kappa shape index (κ1) is 22.3. The van der Waals surface area contributed by atoms with E-state index in [1.807, 2.05) is 37.3 Å². The molecule has 6 nitrogen and oxygen atoms in total. The highest BCUT2D eigenvalue weighted by Crippen LogP contribution is 2.30. The SMILES string of the molecule is CCOc1cc(/C=C2\N=C(c3ccc(Cl)cc3)OC2=O)ccc1OC(=O)Cc1ccccc1. The number of hydrogen-bond donors (Lipinski definition) is 0. The van der Waals surface area contributed by atoms with Gasteiger partial charge in [0.2, 0.25) is 5.90 Å². The number of carbonyl (C=O) groups is 2. The summed E-state index contributed by atoms with van der Waals surface area (Å²) in [5.41, 5.74) is 2.30. The zero-order chi connectivity index (χ0) is 23.2. The normalized spacial score (nSPS) is 14.1. The van der Waals surface area contributed by atoms with Crippen LogP contribution in [0.3, 0.4) is 0 Å². The number of rotatable bonds is 7. The molecule has 7 heteroatoms. The topological polar surface area (TPSA) is 74.2 Å². The van der Waals surface area contributed by atoms with Gasteiger partial charge in [0.25, 0.3) is 0 Å². The molecule has 0 aliphatic carbocycles. The zero-order valence-corrected chi connectivity index (χ0v) is 18.5. The predicted octanol–water partition coefficient (Wildman–Crippen LogP) is 5.23. The molecule has 3 aromatic carbocycles. The summed E-state index contributed by atoms with van der Waals surface area (Å²) in [6.45, 7) is 2.21. The Hall–Kier alpha value is -3.90. The minimum atomic E-state index is -0.559. The Kier molecular flexibility index (Phi) is 6.86. The van der Waals surface area contributed by atoms with Crippen LogP contribution < -0.4 is 9.47 Å². The van der Waals surface area contributed by atoms with Crippen LogP contribution in [0, 0.1) is 0 Å². The number of carbonyl (C=O) groups excluding carboxylic acids is 2. The average Bonchev–Trinajstić information content (AvgIpc) is 3.17. The fourth-order valence-electron chi connectivity index (χ4n) is 3.17. The van der Waals surface area contributed by atoms with Crippen molar-refractivity contribution in [3.05, 3.63) is 100 Å². The van der Waals surface area contributed by atoms with Crippen LogP contribution in [-0.2, 0) is 20.7 Å². The second-order valence-corrected chi connectivity index (χ2v) is 7.56. The predicted molar refractivity (Wildman–Crippen MR) is 125 cm³/mol. The lowest BCUT2D eigenvalue weighted by Gasteiger charge is -2.11. The first-order valence-electron chi connectivity index (χ1n) is 10.3. The zero-order valence-electron chi connectivity index (χ0n) is 17.8. The molecule has 166 valence electrons. The Balaban J connectivity index is 1.54. The van der Waals surface area contributed by atoms with E-state index in [9.17, 15) is 9.59 Å². The van der Waals surface area contributed by atoms with Gasteiger partial charge in [0.05, 0.1) is 13.0 Å². The number of halogens is 1. The first-order valence-corrected chi connectivity index (χ1v) is 10.7. The van der Waals surface area contributed by atoms with Gasteiger partial charge >= 0.3 is 11.9 Å². The number of hydrogen-bond acceptors (Lipinski definition) is 6. The maximum Gasteiger partial charge on any atom is 0.363 e. The molecule has 4 rings (SSSR count). The van der Waals surface area contributed by atoms with Gasteiger partial charge in [-0.15, -0.1) is 0 Å². The molecule has 1 aliphatic heterocycles. The molecule has 0 saturated carbocycles. The van der Waals surface area contributed by atoms with Crippen LogP contribution in [0.1, 0.15) is 23.6 Å². The van der Waals surface area contributed by atoms with E-state index < -0.39 is 11.9 Å². The second kappa shape index (κ2) is 10.1. The fourth-order valence-corrected chi connectivity index (χ4v) is 3.30. The quantitative estimate of drug-likeness (QED) is 0.273. The Morgan fingerprint density at radius 1 is 1.03 bits per heavy atom. The van der Waals surface area contributed by atoms with Crippen molar-refractivity contribution in [1.29, 1.82) is 0 Å². The second-order valence-electron chi connectivity index (χ2n) is 7.12. The van der Waals surface area contributed by atoms with E-state index in [1.54, 1.807) is 48.5 Å². The number of nitrogens with zero attached hydrogens (tertiary/aromatic N) is 1. The average molecular weight is 462 g/mol. The smallest absolute Gasteiger partial charge is 0.363 e. The number of benzene rings is 3. The van der Waals surface area contributed by atoms with Crippen molar-refractivity contribution in [2.75, 3.05) is 6.61 Å². The standard InChI is InChI=1S/C26H20ClNO5/c1-2-31-23-15-18(8-13-22(23)32-24(29)16-17-6-4-3-5-7-17)14-21-26(30)33-25(28-21)19-9-11-20(27)12-10-19/h3-15H,2,16H2,1H3/b21-14-. The highest BCUT2D eigenvalue weighted by atomic mass is 35.5. The molecule has 0 amide bonds. The van der Waals surface area contributed by atoms with Gasteiger partial charge in [0.1, 0.15) is 0 Å². The summed E-state index contributed by atoms with van der Waals surface area (Å²) in [7, 11) is 0. The Morgan fingerprint density at radius 2 is 1.79 bits per heavy atom. The molecular weight excluding hydrogens is 442 g/mol. The van der Waals surface area contributed by atoms with Crippen LogP contribution in [-0.4, -0.2) is 24.4 Å². The lowest BCUT2D eigenvalue weighted by atomic mass is 10.1. The maximum absolute atomic E-state index is 12.4. The number of cyclic esters (lactones) is 1. The van der Waals surface area contributed by atoms with E-state index in [0.717, 1.165) is 5.56 Å². The highest BCUT2D eigenvalue weighted by Gasteiger charge is 2.24. The summed E-state index contributed by atoms with van der Waals surface area (Å²) in [5.74, 6) is -0.0543. The van der Waals surface area contributed by atoms with Crippen LogP contribution >= 0.6 is 11.6 Å². The van der Waals surface area contributed by atoms with Gasteiger partial charge in [0.15, 0.2) is 17.2 Å². The third kappa shape index (κ3) is 5.67. The molecule has 33 heavy (non-hydrogen) atoms. The van der Waals surface area contributed by atoms with Gasteiger partial charge in [-0.05, 0) is 60.5 Å². The fraction of sp³-hybridized carbons (Fsp3) is 0.115. The maximum atomic E-state index is 12.4. The summed E-state index contributed by atoms with van der Waals surface area (Å²) in [6.07, 6.45) is 1.73. The van der Waals surface area contributed by atoms with Gasteiger partial charge in [0, 0.05) is 10.6 Å². The number of ether oxygens (including phenoxy) is 3. The van der Waals surface area contributed by atoms with Crippen molar-refractivity contribution < 1.29 is 23.8 Å². The third-order valence-corrected chi connectivity index (χ3v) is 4.95. The minimum absolute atomic E-state index is 0.145. The summed E-state index contributed by atoms with van der Waals surface area (Å²) in [4.78, 5) is 28.9. The monoisotopic (exact) mass is 461 g/mol. The van der Waals surface area contributed by atoms with Crippen LogP contribution in [0.5, 0.6) is 11.5 Å². The highest BCUT2D eigenvalue weighted by molar-refractivity contribution is 6.30. The Labute approximate surface area is 196 Å². The number of aliphatic imine (C=N–C) groups is 1. The molecule has 0 atom stereocenters. The van der Waals surface area contributed by atoms with Crippen LogP contribution in [0.2, 0.25) is 5.02 Å². The van der Waals surface area contributed by atoms with Gasteiger partial charge in [-0.25, -0.2) is 9.79 Å². The summed E-state index contributed by atoms with van der Waals surface area (Å²) >= 11 is 5.91. The van der Waals surface area contributed by atoms with Gasteiger partial charge in [-0.3, -0.25) is 4.79 Å². The van der Waals surface area contributed by atoms with Crippen molar-refractivity contribution >= 4 is 35.5 Å². The molecule has 0 bridgehead atoms. The van der Waals surface area contributed by atoms with E-state index in [-0.39, 0.29) is 18.0 Å². The van der Waals surface area contributed by atoms with Crippen molar-refractivity contribution in [3.63, 3.8) is 0 Å². The number of esters is 2. The van der Waals surface area contributed by atoms with E-state index in [2.05, 4.69) is 4.99 Å². The lowest BCUT2D eigenvalue weighted by Crippen LogP contribution is -2.12. The first-order chi connectivity index (χ1) is 16.0. The van der Waals surface area contributed by atoms with E-state index in [4.69, 9.17) is 25.8 Å². The molecule has 0 saturated heterocycles. The summed E-state index contributed by atoms with van der Waals surface area (Å²) in [5, 5.41) is 0.576. The Bertz CT molecular complexity index is 1230. The molecular formula is C26H20ClNO5. The molecule has 0 radical (unpaired) electrons. The largest absolute Gasteiger partial charge is 0.490 e. The van der Waals surface area contributed by atoms with Gasteiger partial charge in [-0.1, -0.05) is 48.0 Å². The van der Waals surface area contributed by atoms with Crippen LogP contribution in [0.15, 0.2) is 83.5 Å². The molecule has 1 aliphatic rings. The molecule has 1 heterocycles. The summed E-state index contributed by atoms with van der Waals surface area (Å²) in [6, 6.07) is 21.2. The molecule has 3 aromatic rings. The van der Waals surface area contributed by atoms with Gasteiger partial charge in [-0.2, -0.15) is 0 Å². The minimum Gasteiger partial charge on any atom is -0.490 e. The van der Waals surface area contributed by atoms with Gasteiger partial charge < -0.3 is 14.2 Å². The van der Waals surface area contributed by atoms with Crippen molar-refractivity contribution in [2.24, 2.45) is 4.99 Å². The third-order valence-electron chi connectivity index (χ3n) is 4.70. The summed E-state index contributed by atoms with van der Waals surface area (Å²) < 4.78 is 16.5. The Morgan fingerprint density at radius 3 is 2.52 bits per heavy atom. The van der Waals surface area contributed by atoms with E-state index in [1.165, 1.54) is 0 Å². The van der Waals surface area contributed by atoms with Crippen LogP contribution in [0.25, 0.3) is 6.08 Å². The van der Waals surface area contributed by atoms with Crippen LogP contribution in [0.4, 0.5) is 0 Å². The van der Waals surface area contributed by atoms with Crippen molar-refractivity contribution in [1.82, 2.24) is 0 Å². The van der Waals surface area contributed by atoms with Crippen molar-refractivity contribution in [3.8, 4) is 11.5 Å². The molecule has 0 aromatic heterocycles. The van der Waals surface area contributed by atoms with E-state index in [0.29, 0.717) is 34.3 Å². The molecule has 0 spiro atoms. The lowest BCUT2D eigenvalue weighted by molar-refractivity contribution is -0.133. The van der Waals surface area contributed by atoms with Crippen molar-refractivity contribution in [2.45, 2.75) is 13.3 Å². The molecule has 0 fully saturated rings. The molecule has 0 unspecified atom stereocenters. The molecule has 0 N–H and O–H groups in total.